The number of allylic oxidation sites excluding steroid dienone is 1. The van der Waals surface area contributed by atoms with Crippen LogP contribution in [0.4, 0.5) is 5.82 Å². The highest BCUT2D eigenvalue weighted by Crippen LogP contribution is 2.46. The van der Waals surface area contributed by atoms with Crippen LogP contribution in [0.5, 0.6) is 11.5 Å². The lowest BCUT2D eigenvalue weighted by molar-refractivity contribution is -0.124. The maximum absolute atomic E-state index is 13.3. The summed E-state index contributed by atoms with van der Waals surface area (Å²) in [4.78, 5) is 30.9. The van der Waals surface area contributed by atoms with Crippen molar-refractivity contribution in [2.75, 3.05) is 39.1 Å². The number of nitrogens with one attached hydrogen (secondary N) is 2. The number of nitrogen functional groups attached to an aromatic ring is 1. The fourth-order valence-corrected chi connectivity index (χ4v) is 10.8. The van der Waals surface area contributed by atoms with E-state index in [9.17, 15) is 19.8 Å². The van der Waals surface area contributed by atoms with Crippen LogP contribution in [0.15, 0.2) is 97.2 Å². The Morgan fingerprint density at radius 2 is 1.71 bits per heavy atom. The van der Waals surface area contributed by atoms with Crippen LogP contribution >= 0.6 is 0 Å². The van der Waals surface area contributed by atoms with E-state index in [4.69, 9.17) is 10.5 Å². The minimum absolute atomic E-state index is 0.00596. The van der Waals surface area contributed by atoms with Crippen molar-refractivity contribution in [3.05, 3.63) is 136 Å². The summed E-state index contributed by atoms with van der Waals surface area (Å²) in [5.74, 6) is 3.47. The molecular formula is C54H68N4O5. The number of fused-ring (bicyclic) bond motifs is 2. The number of benzene rings is 3. The van der Waals surface area contributed by atoms with E-state index in [2.05, 4.69) is 76.3 Å². The summed E-state index contributed by atoms with van der Waals surface area (Å²) < 4.78 is 5.45. The first-order valence-corrected chi connectivity index (χ1v) is 23.4. The number of methoxy groups -OCH3 is 1. The number of rotatable bonds is 22. The molecular weight excluding hydrogens is 785 g/mol. The number of hydrogen-bond acceptors (Lipinski definition) is 9. The van der Waals surface area contributed by atoms with Crippen molar-refractivity contribution >= 4 is 23.5 Å². The Bertz CT molecular complexity index is 2190. The van der Waals surface area contributed by atoms with Crippen molar-refractivity contribution in [3.8, 4) is 11.5 Å². The van der Waals surface area contributed by atoms with Gasteiger partial charge in [0.15, 0.2) is 17.3 Å². The number of aromatic nitrogens is 1. The number of carbonyl (C=O) groups is 2. The highest BCUT2D eigenvalue weighted by molar-refractivity contribution is 6.06. The number of phenolic OH excluding ortho intramolecular Hbond substituents is 1. The van der Waals surface area contributed by atoms with Gasteiger partial charge in [0.25, 0.3) is 0 Å². The average Bonchev–Trinajstić information content (AvgIpc) is 3.30. The second-order valence-corrected chi connectivity index (χ2v) is 18.3. The lowest BCUT2D eigenvalue weighted by atomic mass is 9.60. The molecule has 0 unspecified atom stereocenters. The fraction of sp³-hybridized carbons (Fsp3) is 0.463. The molecule has 3 aliphatic rings. The summed E-state index contributed by atoms with van der Waals surface area (Å²) in [6.07, 6.45) is 20.9. The molecule has 3 aromatic carbocycles. The van der Waals surface area contributed by atoms with Crippen molar-refractivity contribution in [3.63, 3.8) is 0 Å². The molecule has 6 atom stereocenters. The summed E-state index contributed by atoms with van der Waals surface area (Å²) in [5, 5.41) is 28.1. The van der Waals surface area contributed by atoms with E-state index in [1.807, 2.05) is 12.1 Å². The second-order valence-electron chi connectivity index (χ2n) is 18.3. The van der Waals surface area contributed by atoms with Gasteiger partial charge in [-0.05, 0) is 177 Å². The number of carbonyl (C=O) groups excluding carboxylic acids is 2. The van der Waals surface area contributed by atoms with Crippen LogP contribution in [0, 0.1) is 29.6 Å². The molecule has 1 saturated carbocycles. The summed E-state index contributed by atoms with van der Waals surface area (Å²) in [5.41, 5.74) is 13.7. The average molecular weight is 853 g/mol. The van der Waals surface area contributed by atoms with Crippen LogP contribution < -0.4 is 21.1 Å². The number of nitrogens with zero attached hydrogens (tertiary/aromatic N) is 1. The fourth-order valence-electron chi connectivity index (χ4n) is 10.8. The molecule has 9 nitrogen and oxygen atoms in total. The van der Waals surface area contributed by atoms with E-state index in [1.54, 1.807) is 24.4 Å². The summed E-state index contributed by atoms with van der Waals surface area (Å²) in [6, 6.07) is 25.2. The van der Waals surface area contributed by atoms with Gasteiger partial charge in [0.05, 0.1) is 13.5 Å². The maximum Gasteiger partial charge on any atom is 0.163 e. The molecule has 0 spiro atoms. The van der Waals surface area contributed by atoms with Gasteiger partial charge >= 0.3 is 0 Å². The molecule has 7 rings (SSSR count). The van der Waals surface area contributed by atoms with Crippen LogP contribution in [0.3, 0.4) is 0 Å². The minimum Gasteiger partial charge on any atom is -0.504 e. The Morgan fingerprint density at radius 3 is 2.52 bits per heavy atom. The van der Waals surface area contributed by atoms with E-state index in [0.29, 0.717) is 60.0 Å². The Kier molecular flexibility index (Phi) is 16.8. The van der Waals surface area contributed by atoms with Gasteiger partial charge in [-0.25, -0.2) is 4.98 Å². The monoisotopic (exact) mass is 853 g/mol. The van der Waals surface area contributed by atoms with Crippen molar-refractivity contribution in [2.24, 2.45) is 29.6 Å². The Labute approximate surface area is 374 Å². The van der Waals surface area contributed by atoms with Gasteiger partial charge in [-0.15, -0.1) is 0 Å². The third-order valence-corrected chi connectivity index (χ3v) is 14.0. The molecule has 2 fully saturated rings. The number of aromatic hydroxyl groups is 1. The smallest absolute Gasteiger partial charge is 0.163 e. The lowest BCUT2D eigenvalue weighted by Gasteiger charge is -2.51. The number of aliphatic hydroxyl groups excluding tert-OH is 1. The number of aliphatic hydroxyl groups is 1. The molecule has 0 bridgehead atoms. The van der Waals surface area contributed by atoms with Crippen molar-refractivity contribution in [1.82, 2.24) is 15.6 Å². The first kappa shape index (κ1) is 45.9. The van der Waals surface area contributed by atoms with Gasteiger partial charge in [0.2, 0.25) is 0 Å². The molecule has 334 valence electrons. The van der Waals surface area contributed by atoms with E-state index < -0.39 is 0 Å². The molecule has 63 heavy (non-hydrogen) atoms. The quantitative estimate of drug-likeness (QED) is 0.0299. The molecule has 0 amide bonds. The van der Waals surface area contributed by atoms with Crippen molar-refractivity contribution in [2.45, 2.75) is 95.9 Å². The molecule has 1 aromatic heterocycles. The Hall–Kier alpha value is -5.09. The zero-order valence-corrected chi connectivity index (χ0v) is 37.2. The molecule has 4 aromatic rings. The maximum atomic E-state index is 13.3. The largest absolute Gasteiger partial charge is 0.504 e. The molecule has 1 saturated heterocycles. The molecule has 0 radical (unpaired) electrons. The first-order chi connectivity index (χ1) is 30.8. The highest BCUT2D eigenvalue weighted by atomic mass is 16.5. The predicted octanol–water partition coefficient (Wildman–Crippen LogP) is 8.42. The van der Waals surface area contributed by atoms with Crippen LogP contribution in [0.1, 0.15) is 96.7 Å². The zero-order valence-electron chi connectivity index (χ0n) is 37.2. The first-order valence-electron chi connectivity index (χ1n) is 23.4. The van der Waals surface area contributed by atoms with Gasteiger partial charge in [0, 0.05) is 31.8 Å². The molecule has 6 N–H and O–H groups in total. The molecule has 1 aliphatic carbocycles. The Morgan fingerprint density at radius 1 is 0.937 bits per heavy atom. The van der Waals surface area contributed by atoms with E-state index in [0.717, 1.165) is 99.7 Å². The number of nitrogens with two attached hydrogens (primary N) is 1. The number of Topliss-reactive ketones (excluding diaryl/α,β-unsaturated/α-hetero) is 1. The molecule has 9 heteroatoms. The summed E-state index contributed by atoms with van der Waals surface area (Å²) >= 11 is 0. The van der Waals surface area contributed by atoms with Gasteiger partial charge in [-0.1, -0.05) is 79.2 Å². The number of phenols is 1. The van der Waals surface area contributed by atoms with Crippen LogP contribution in [0.25, 0.3) is 6.08 Å². The lowest BCUT2D eigenvalue weighted by Crippen LogP contribution is -2.56. The third-order valence-electron chi connectivity index (χ3n) is 14.0. The number of piperidine rings is 1. The standard InChI is InChI=1S/C54H68N4O5/c1-63-52-32-41(44(31-51(52)62)30-45-36-58-53(55)33-42(45)20-19-40-12-5-11-39(27-40)18-17-37-9-3-2-4-10-37)21-22-48(61)34-47(60)16-6-13-38(14-8-26-59)28-50-49-23-25-56-35-46(49)29-43-15-7-24-57-54(43)50/h2-5,7,9-12,15,21-22,27,31-33,36,38,43,46,49-50,54,56-57,59,62H,6,8,13-14,16-20,23-26,28-30,34-35H2,1H3,(H2,55,58)/t38-,43-,46-,49-,50-,54-/m1/s1. The van der Waals surface area contributed by atoms with Crippen LogP contribution in [0.2, 0.25) is 0 Å². The zero-order chi connectivity index (χ0) is 44.0. The van der Waals surface area contributed by atoms with Crippen LogP contribution in [-0.2, 0) is 41.7 Å². The van der Waals surface area contributed by atoms with Crippen molar-refractivity contribution < 1.29 is 24.5 Å². The third kappa shape index (κ3) is 13.0. The topological polar surface area (TPSA) is 147 Å². The molecule has 2 aliphatic heterocycles. The number of pyridine rings is 1. The second kappa shape index (κ2) is 23.0. The van der Waals surface area contributed by atoms with E-state index in [-0.39, 0.29) is 30.3 Å². The number of aryl methyl sites for hydroxylation is 4. The summed E-state index contributed by atoms with van der Waals surface area (Å²) in [6.45, 7) is 3.30. The number of hydrogen-bond donors (Lipinski definition) is 5. The number of ether oxygens (including phenoxy) is 1. The molecule has 3 heterocycles. The van der Waals surface area contributed by atoms with Crippen molar-refractivity contribution in [1.29, 1.82) is 0 Å². The predicted molar refractivity (Wildman–Crippen MR) is 253 cm³/mol. The van der Waals surface area contributed by atoms with Gasteiger partial charge in [-0.3, -0.25) is 9.59 Å². The van der Waals surface area contributed by atoms with Gasteiger partial charge in [0.1, 0.15) is 11.6 Å². The SMILES string of the molecule is COc1cc(C=CC(=O)CC(=O)CCC[C@H](CCCO)C[C@@H]2[C@@H]3CCNC[C@H]3C[C@H]3C=CCN[C@@H]23)c(Cc2cnc(N)cc2CCc2cccc(CCc3ccccc3)c2)cc1O. The highest BCUT2D eigenvalue weighted by Gasteiger charge is 2.45. The summed E-state index contributed by atoms with van der Waals surface area (Å²) in [7, 11) is 1.50. The minimum atomic E-state index is -0.253. The van der Waals surface area contributed by atoms with Gasteiger partial charge in [-0.2, -0.15) is 0 Å². The normalized spacial score (nSPS) is 21.1. The van der Waals surface area contributed by atoms with E-state index >= 15 is 0 Å². The number of anilines is 1. The van der Waals surface area contributed by atoms with E-state index in [1.165, 1.54) is 42.7 Å². The number of ketones is 2. The Balaban J connectivity index is 0.955. The van der Waals surface area contributed by atoms with Gasteiger partial charge < -0.3 is 31.3 Å². The van der Waals surface area contributed by atoms with Crippen LogP contribution in [-0.4, -0.2) is 66.2 Å².